The molecule has 0 saturated heterocycles. The minimum Gasteiger partial charge on any atom is -0.318 e. The van der Waals surface area contributed by atoms with Gasteiger partial charge in [-0.3, -0.25) is 39.0 Å². The van der Waals surface area contributed by atoms with Crippen molar-refractivity contribution in [2.45, 2.75) is 5.92 Å². The van der Waals surface area contributed by atoms with Gasteiger partial charge in [0.1, 0.15) is 34.4 Å². The second-order valence-electron chi connectivity index (χ2n) is 7.75. The summed E-state index contributed by atoms with van der Waals surface area (Å²) in [6, 6.07) is 2.35. The van der Waals surface area contributed by atoms with Gasteiger partial charge in [0.25, 0.3) is 0 Å². The van der Waals surface area contributed by atoms with Gasteiger partial charge in [0.2, 0.25) is 11.3 Å². The van der Waals surface area contributed by atoms with E-state index in [0.29, 0.717) is 22.7 Å². The van der Waals surface area contributed by atoms with Crippen LogP contribution in [0, 0.1) is 12.4 Å². The van der Waals surface area contributed by atoms with Crippen molar-refractivity contribution in [1.82, 2.24) is 39.0 Å². The van der Waals surface area contributed by atoms with E-state index >= 15 is 8.78 Å². The van der Waals surface area contributed by atoms with E-state index in [0.717, 1.165) is 0 Å². The fraction of sp³-hybridized carbons (Fsp3) is 0.130. The van der Waals surface area contributed by atoms with Crippen LogP contribution in [0.25, 0.3) is 34.3 Å². The van der Waals surface area contributed by atoms with Crippen molar-refractivity contribution in [3.8, 4) is 23.0 Å². The third-order valence-corrected chi connectivity index (χ3v) is 5.67. The molecule has 6 rings (SSSR count). The molecule has 0 spiro atoms. The summed E-state index contributed by atoms with van der Waals surface area (Å²) in [5, 5.41) is 0. The summed E-state index contributed by atoms with van der Waals surface area (Å²) in [7, 11) is 3.53. The molecule has 6 aromatic rings. The molecule has 6 aromatic heterocycles. The summed E-state index contributed by atoms with van der Waals surface area (Å²) in [4.78, 5) is 24.9. The van der Waals surface area contributed by atoms with Crippen molar-refractivity contribution in [1.29, 1.82) is 0 Å². The molecule has 0 saturated carbocycles. The maximum Gasteiger partial charge on any atom is 2.00 e. The summed E-state index contributed by atoms with van der Waals surface area (Å²) in [6.07, 6.45) is 18.6. The Bertz CT molecular complexity index is 1600. The van der Waals surface area contributed by atoms with E-state index in [-0.39, 0.29) is 32.7 Å². The average Bonchev–Trinajstić information content (AvgIpc) is 3.41. The Labute approximate surface area is 217 Å². The third kappa shape index (κ3) is 3.74. The summed E-state index contributed by atoms with van der Waals surface area (Å²) < 4.78 is 38.1. The number of alkyl halides is 2. The van der Waals surface area contributed by atoms with Crippen LogP contribution >= 0.6 is 0 Å². The van der Waals surface area contributed by atoms with Crippen molar-refractivity contribution in [3.63, 3.8) is 0 Å². The smallest absolute Gasteiger partial charge is 0.318 e. The number of imidazole rings is 2. The third-order valence-electron chi connectivity index (χ3n) is 5.67. The summed E-state index contributed by atoms with van der Waals surface area (Å²) in [5.74, 6) is -3.30. The first-order valence-corrected chi connectivity index (χ1v) is 10.5. The maximum atomic E-state index is 15.6. The van der Waals surface area contributed by atoms with Gasteiger partial charge >= 0.3 is 27.0 Å². The molecule has 0 bridgehead atoms. The number of nitrogens with zero attached hydrogens (tertiary/aromatic N) is 10. The molecule has 0 atom stereocenters. The summed E-state index contributed by atoms with van der Waals surface area (Å²) in [5.41, 5.74) is 1.32. The number of hydrogen-bond acceptors (Lipinski definition) is 6. The molecule has 0 aliphatic heterocycles. The molecule has 13 heteroatoms. The molecule has 0 radical (unpaired) electrons. The van der Waals surface area contributed by atoms with Gasteiger partial charge in [-0.2, -0.15) is 8.78 Å². The molecule has 180 valence electrons. The van der Waals surface area contributed by atoms with E-state index < -0.39 is 17.3 Å². The Balaban J connectivity index is 0.00000267. The zero-order chi connectivity index (χ0) is 24.2. The fourth-order valence-corrected chi connectivity index (χ4v) is 3.83. The van der Waals surface area contributed by atoms with Gasteiger partial charge in [0.05, 0.1) is 38.9 Å². The van der Waals surface area contributed by atoms with Crippen LogP contribution in [-0.4, -0.2) is 39.0 Å². The van der Waals surface area contributed by atoms with E-state index in [4.69, 9.17) is 0 Å². The first kappa shape index (κ1) is 23.7. The molecule has 36 heavy (non-hydrogen) atoms. The van der Waals surface area contributed by atoms with E-state index in [2.05, 4.69) is 42.3 Å². The van der Waals surface area contributed by atoms with Gasteiger partial charge in [-0.05, 0) is 12.1 Å². The molecule has 0 aliphatic carbocycles. The molecule has 0 unspecified atom stereocenters. The number of aromatic nitrogens is 10. The summed E-state index contributed by atoms with van der Waals surface area (Å²) >= 11 is 0. The monoisotopic (exact) mass is 665 g/mol. The normalized spacial score (nSPS) is 11.7. The van der Waals surface area contributed by atoms with Crippen LogP contribution in [0.3, 0.4) is 0 Å². The Kier molecular flexibility index (Phi) is 5.83. The van der Waals surface area contributed by atoms with Crippen LogP contribution in [0.15, 0.2) is 61.7 Å². The minimum atomic E-state index is -3.51. The number of rotatable bonds is 4. The molecule has 6 heterocycles. The predicted octanol–water partition coefficient (Wildman–Crippen LogP) is 1.28. The molecule has 0 N–H and O–H groups in total. The molecule has 0 fully saturated rings. The van der Waals surface area contributed by atoms with Gasteiger partial charge in [-0.1, -0.05) is 0 Å². The first-order chi connectivity index (χ1) is 16.9. The minimum absolute atomic E-state index is 0. The Morgan fingerprint density at radius 1 is 0.750 bits per heavy atom. The van der Waals surface area contributed by atoms with Crippen LogP contribution in [0.4, 0.5) is 8.78 Å². The number of aryl methyl sites for hydroxylation is 2. The Morgan fingerprint density at radius 2 is 1.19 bits per heavy atom. The van der Waals surface area contributed by atoms with Gasteiger partial charge < -0.3 is 8.80 Å². The van der Waals surface area contributed by atoms with Crippen LogP contribution in [0.2, 0.25) is 0 Å². The molecular weight excluding hydrogens is 649 g/mol. The topological polar surface area (TPSA) is 95.4 Å². The predicted molar refractivity (Wildman–Crippen MR) is 115 cm³/mol. The van der Waals surface area contributed by atoms with Crippen molar-refractivity contribution < 1.29 is 38.6 Å². The van der Waals surface area contributed by atoms with Crippen molar-refractivity contribution in [2.75, 3.05) is 0 Å². The second-order valence-corrected chi connectivity index (χ2v) is 7.75. The quantitative estimate of drug-likeness (QED) is 0.208. The van der Waals surface area contributed by atoms with E-state index in [1.54, 1.807) is 69.2 Å². The number of hydrogen-bond donors (Lipinski definition) is 0. The van der Waals surface area contributed by atoms with Gasteiger partial charge in [-0.25, -0.2) is 0 Å². The van der Waals surface area contributed by atoms with Gasteiger partial charge in [-0.15, -0.1) is 0 Å². The fourth-order valence-electron chi connectivity index (χ4n) is 3.83. The van der Waals surface area contributed by atoms with Gasteiger partial charge in [0.15, 0.2) is 0 Å². The van der Waals surface area contributed by atoms with Crippen LogP contribution in [-0.2, 0) is 41.1 Å². The SMILES string of the molecule is Cn1c(-c2nccc(C(F)(F)c3ccnc(-c4[c-][n+]5ccncc5n4C)n3)n2)[c-][n+]2ccncc12.[Pt+2]. The van der Waals surface area contributed by atoms with Crippen molar-refractivity contribution in [2.24, 2.45) is 14.1 Å². The second kappa shape index (κ2) is 8.87. The van der Waals surface area contributed by atoms with Crippen molar-refractivity contribution in [3.05, 3.63) is 85.5 Å². The van der Waals surface area contributed by atoms with E-state index in [1.807, 2.05) is 0 Å². The molecule has 10 nitrogen and oxygen atoms in total. The van der Waals surface area contributed by atoms with Gasteiger partial charge in [0, 0.05) is 37.2 Å². The van der Waals surface area contributed by atoms with E-state index in [9.17, 15) is 0 Å². The van der Waals surface area contributed by atoms with E-state index in [1.165, 1.54) is 24.5 Å². The maximum absolute atomic E-state index is 15.6. The largest absolute Gasteiger partial charge is 2.00 e. The van der Waals surface area contributed by atoms with Crippen LogP contribution in [0.1, 0.15) is 11.4 Å². The Morgan fingerprint density at radius 3 is 1.61 bits per heavy atom. The Hall–Kier alpha value is -4.05. The number of fused-ring (bicyclic) bond motifs is 2. The molecule has 0 amide bonds. The first-order valence-electron chi connectivity index (χ1n) is 10.5. The standard InChI is InChI=1S/C23H16F2N10.Pt/c1-32-15(13-34-9-7-26-11-19(32)34)21-28-5-3-17(30-21)23(24,25)18-4-6-29-22(31-18)16-14-35-10-8-27-12-20(35)33(16)2;/h3-12H,1-2H3;/q;+2. The number of halogens is 2. The van der Waals surface area contributed by atoms with Crippen molar-refractivity contribution >= 4 is 11.3 Å². The average molecular weight is 666 g/mol. The molecule has 0 aromatic carbocycles. The zero-order valence-electron chi connectivity index (χ0n) is 18.8. The zero-order valence-corrected chi connectivity index (χ0v) is 21.1. The molecular formula is C23H16F2N10Pt+2. The van der Waals surface area contributed by atoms with Crippen LogP contribution < -0.4 is 8.80 Å². The molecule has 0 aliphatic rings. The van der Waals surface area contributed by atoms with Crippen LogP contribution in [0.5, 0.6) is 0 Å². The summed E-state index contributed by atoms with van der Waals surface area (Å²) in [6.45, 7) is 0.